The van der Waals surface area contributed by atoms with Crippen molar-refractivity contribution in [2.75, 3.05) is 45.3 Å². The minimum absolute atomic E-state index is 0. The molecule has 1 saturated heterocycles. The lowest BCUT2D eigenvalue weighted by atomic mass is 10.0. The van der Waals surface area contributed by atoms with Gasteiger partial charge < -0.3 is 25.0 Å². The number of aliphatic imine (C=N–C) groups is 1. The van der Waals surface area contributed by atoms with E-state index in [9.17, 15) is 0 Å². The van der Waals surface area contributed by atoms with Crippen molar-refractivity contribution in [3.05, 3.63) is 18.2 Å². The second-order valence-corrected chi connectivity index (χ2v) is 7.14. The van der Waals surface area contributed by atoms with Gasteiger partial charge in [-0.25, -0.2) is 0 Å². The fraction of sp³-hybridized carbons (Fsp3) is 0.650. The highest BCUT2D eigenvalue weighted by Gasteiger charge is 2.23. The van der Waals surface area contributed by atoms with Crippen LogP contribution in [-0.4, -0.2) is 52.4 Å². The molecule has 1 aliphatic carbocycles. The molecule has 7 heteroatoms. The first-order chi connectivity index (χ1) is 12.7. The van der Waals surface area contributed by atoms with Gasteiger partial charge in [-0.1, -0.05) is 0 Å². The molecular formula is C20H33IN4O2. The summed E-state index contributed by atoms with van der Waals surface area (Å²) in [6.07, 6.45) is 4.86. The second kappa shape index (κ2) is 10.8. The van der Waals surface area contributed by atoms with Crippen molar-refractivity contribution >= 4 is 35.6 Å². The quantitative estimate of drug-likeness (QED) is 0.351. The Kier molecular flexibility index (Phi) is 8.79. The van der Waals surface area contributed by atoms with E-state index < -0.39 is 0 Å². The average Bonchev–Trinajstić information content (AvgIpc) is 3.51. The van der Waals surface area contributed by atoms with E-state index in [-0.39, 0.29) is 24.0 Å². The van der Waals surface area contributed by atoms with E-state index in [1.54, 1.807) is 14.2 Å². The van der Waals surface area contributed by atoms with E-state index in [0.29, 0.717) is 6.04 Å². The van der Waals surface area contributed by atoms with Crippen LogP contribution in [0.25, 0.3) is 0 Å². The first kappa shape index (κ1) is 21.9. The van der Waals surface area contributed by atoms with E-state index in [4.69, 9.17) is 14.5 Å². The summed E-state index contributed by atoms with van der Waals surface area (Å²) in [6, 6.07) is 6.54. The molecule has 0 radical (unpaired) electrons. The van der Waals surface area contributed by atoms with Crippen LogP contribution in [0.15, 0.2) is 23.2 Å². The van der Waals surface area contributed by atoms with Gasteiger partial charge in [0.15, 0.2) is 5.96 Å². The Morgan fingerprint density at radius 1 is 1.07 bits per heavy atom. The fourth-order valence-electron chi connectivity index (χ4n) is 3.29. The number of guanidine groups is 1. The van der Waals surface area contributed by atoms with Crippen molar-refractivity contribution in [3.63, 3.8) is 0 Å². The van der Waals surface area contributed by atoms with Gasteiger partial charge in [-0.2, -0.15) is 0 Å². The Morgan fingerprint density at radius 2 is 1.70 bits per heavy atom. The highest BCUT2D eigenvalue weighted by atomic mass is 127. The molecule has 0 amide bonds. The van der Waals surface area contributed by atoms with Crippen LogP contribution in [0.2, 0.25) is 0 Å². The maximum Gasteiger partial charge on any atom is 0.191 e. The summed E-state index contributed by atoms with van der Waals surface area (Å²) in [5.41, 5.74) is 1.16. The average molecular weight is 488 g/mol. The molecular weight excluding hydrogens is 455 g/mol. The Balaban J connectivity index is 0.00000261. The number of nitrogens with one attached hydrogen (secondary N) is 2. The summed E-state index contributed by atoms with van der Waals surface area (Å²) < 4.78 is 10.8. The first-order valence-corrected chi connectivity index (χ1v) is 9.74. The van der Waals surface area contributed by atoms with E-state index >= 15 is 0 Å². The van der Waals surface area contributed by atoms with E-state index in [1.807, 2.05) is 6.07 Å². The molecule has 0 bridgehead atoms. The Bertz CT molecular complexity index is 592. The lowest BCUT2D eigenvalue weighted by molar-refractivity contribution is 0.393. The van der Waals surface area contributed by atoms with Gasteiger partial charge in [-0.15, -0.1) is 24.0 Å². The van der Waals surface area contributed by atoms with E-state index in [2.05, 4.69) is 34.6 Å². The predicted octanol–water partition coefficient (Wildman–Crippen LogP) is 3.26. The molecule has 2 aliphatic rings. The minimum Gasteiger partial charge on any atom is -0.497 e. The summed E-state index contributed by atoms with van der Waals surface area (Å²) >= 11 is 0. The minimum atomic E-state index is 0. The van der Waals surface area contributed by atoms with Crippen LogP contribution in [0.3, 0.4) is 0 Å². The van der Waals surface area contributed by atoms with Crippen molar-refractivity contribution in [1.82, 2.24) is 10.6 Å². The van der Waals surface area contributed by atoms with Crippen molar-refractivity contribution in [1.29, 1.82) is 0 Å². The molecule has 0 unspecified atom stereocenters. The van der Waals surface area contributed by atoms with Gasteiger partial charge in [0.1, 0.15) is 11.5 Å². The van der Waals surface area contributed by atoms with Crippen LogP contribution in [0, 0.1) is 5.92 Å². The lowest BCUT2D eigenvalue weighted by Gasteiger charge is -2.34. The zero-order valence-electron chi connectivity index (χ0n) is 16.7. The zero-order chi connectivity index (χ0) is 18.4. The van der Waals surface area contributed by atoms with Gasteiger partial charge in [0.05, 0.1) is 14.2 Å². The summed E-state index contributed by atoms with van der Waals surface area (Å²) in [6.45, 7) is 6.00. The molecule has 2 fully saturated rings. The van der Waals surface area contributed by atoms with Crippen molar-refractivity contribution < 1.29 is 9.47 Å². The molecule has 1 aliphatic heterocycles. The largest absolute Gasteiger partial charge is 0.497 e. The molecule has 1 heterocycles. The molecule has 2 N–H and O–H groups in total. The number of anilines is 1. The monoisotopic (exact) mass is 488 g/mol. The van der Waals surface area contributed by atoms with Gasteiger partial charge in [0.2, 0.25) is 0 Å². The third kappa shape index (κ3) is 6.62. The summed E-state index contributed by atoms with van der Waals surface area (Å²) in [5.74, 6) is 3.46. The highest BCUT2D eigenvalue weighted by Crippen LogP contribution is 2.30. The third-order valence-corrected chi connectivity index (χ3v) is 5.09. The summed E-state index contributed by atoms with van der Waals surface area (Å²) in [4.78, 5) is 7.14. The summed E-state index contributed by atoms with van der Waals surface area (Å²) in [7, 11) is 3.38. The van der Waals surface area contributed by atoms with Crippen LogP contribution < -0.4 is 25.0 Å². The fourth-order valence-corrected chi connectivity index (χ4v) is 3.29. The van der Waals surface area contributed by atoms with E-state index in [1.165, 1.54) is 12.8 Å². The van der Waals surface area contributed by atoms with Crippen LogP contribution >= 0.6 is 24.0 Å². The zero-order valence-corrected chi connectivity index (χ0v) is 19.0. The SMILES string of the molecule is CCNC(=NCC1CC1)NC1CCN(c2cc(OC)cc(OC)c2)CC1.I. The van der Waals surface area contributed by atoms with Crippen LogP contribution in [0.4, 0.5) is 5.69 Å². The third-order valence-electron chi connectivity index (χ3n) is 5.09. The number of piperidine rings is 1. The molecule has 0 spiro atoms. The topological polar surface area (TPSA) is 58.1 Å². The first-order valence-electron chi connectivity index (χ1n) is 9.74. The van der Waals surface area contributed by atoms with Gasteiger partial charge in [-0.3, -0.25) is 4.99 Å². The van der Waals surface area contributed by atoms with Crippen LogP contribution in [-0.2, 0) is 0 Å². The number of rotatable bonds is 7. The molecule has 1 aromatic carbocycles. The highest BCUT2D eigenvalue weighted by molar-refractivity contribution is 14.0. The lowest BCUT2D eigenvalue weighted by Crippen LogP contribution is -2.48. The number of methoxy groups -OCH3 is 2. The standard InChI is InChI=1S/C20H32N4O2.HI/c1-4-21-20(22-14-15-5-6-15)23-16-7-9-24(10-8-16)17-11-18(25-2)13-19(12-17)26-3;/h11-13,15-16H,4-10,14H2,1-3H3,(H2,21,22,23);1H. The number of benzene rings is 1. The molecule has 1 aromatic rings. The molecule has 6 nitrogen and oxygen atoms in total. The van der Waals surface area contributed by atoms with Gasteiger partial charge in [0, 0.05) is 56.1 Å². The van der Waals surface area contributed by atoms with E-state index in [0.717, 1.165) is 68.1 Å². The second-order valence-electron chi connectivity index (χ2n) is 7.14. The number of halogens is 1. The Labute approximate surface area is 180 Å². The number of nitrogens with zero attached hydrogens (tertiary/aromatic N) is 2. The maximum atomic E-state index is 5.40. The number of hydrogen-bond acceptors (Lipinski definition) is 4. The Hall–Kier alpha value is -1.38. The molecule has 1 saturated carbocycles. The number of hydrogen-bond donors (Lipinski definition) is 2. The Morgan fingerprint density at radius 3 is 2.22 bits per heavy atom. The van der Waals surface area contributed by atoms with Crippen molar-refractivity contribution in [3.8, 4) is 11.5 Å². The van der Waals surface area contributed by atoms with Gasteiger partial charge in [-0.05, 0) is 38.5 Å². The van der Waals surface area contributed by atoms with Crippen LogP contribution in [0.1, 0.15) is 32.6 Å². The molecule has 27 heavy (non-hydrogen) atoms. The van der Waals surface area contributed by atoms with Crippen molar-refractivity contribution in [2.45, 2.75) is 38.6 Å². The molecule has 0 atom stereocenters. The van der Waals surface area contributed by atoms with Gasteiger partial charge >= 0.3 is 0 Å². The molecule has 3 rings (SSSR count). The van der Waals surface area contributed by atoms with Crippen molar-refractivity contribution in [2.24, 2.45) is 10.9 Å². The van der Waals surface area contributed by atoms with Gasteiger partial charge in [0.25, 0.3) is 0 Å². The smallest absolute Gasteiger partial charge is 0.191 e. The summed E-state index contributed by atoms with van der Waals surface area (Å²) in [5, 5.41) is 7.00. The predicted molar refractivity (Wildman–Crippen MR) is 122 cm³/mol. The molecule has 0 aromatic heterocycles. The number of ether oxygens (including phenoxy) is 2. The normalized spacial score (nSPS) is 17.9. The van der Waals surface area contributed by atoms with Crippen LogP contribution in [0.5, 0.6) is 11.5 Å². The molecule has 152 valence electrons. The maximum absolute atomic E-state index is 5.40.